The predicted molar refractivity (Wildman–Crippen MR) is 395 cm³/mol. The highest BCUT2D eigenvalue weighted by atomic mass is 16.5. The maximum atomic E-state index is 15.0. The van der Waals surface area contributed by atoms with Crippen LogP contribution in [0.15, 0.2) is 60.8 Å². The molecule has 13 atom stereocenters. The number of ether oxygens (including phenoxy) is 1. The fourth-order valence-electron chi connectivity index (χ4n) is 12.0. The molecule has 0 spiro atoms. The fraction of sp³-hybridized carbons (Fsp3) is 0.583. The Morgan fingerprint density at radius 2 is 1.05 bits per heavy atom. The largest absolute Gasteiger partial charge is 0.481 e. The molecule has 1 aliphatic rings. The van der Waals surface area contributed by atoms with Crippen molar-refractivity contribution in [3.05, 3.63) is 71.9 Å². The summed E-state index contributed by atoms with van der Waals surface area (Å²) in [6.45, 7) is 6.86. The lowest BCUT2D eigenvalue weighted by atomic mass is 9.99. The topological polar surface area (TPSA) is 619 Å². The number of rotatable bonds is 26. The number of aliphatic hydroxyl groups excluding tert-OH is 3. The first kappa shape index (κ1) is 91.7. The molecule has 24 N–H and O–H groups in total. The molecule has 38 heteroatoms. The van der Waals surface area contributed by atoms with Gasteiger partial charge in [0.15, 0.2) is 6.10 Å². The summed E-state index contributed by atoms with van der Waals surface area (Å²) < 4.78 is 6.01. The van der Waals surface area contributed by atoms with Gasteiger partial charge in [0.1, 0.15) is 72.6 Å². The van der Waals surface area contributed by atoms with E-state index >= 15 is 4.79 Å². The number of carbonyl (C=O) groups is 16. The number of aromatic nitrogens is 1. The van der Waals surface area contributed by atoms with E-state index in [1.807, 2.05) is 24.5 Å². The zero-order valence-corrected chi connectivity index (χ0v) is 62.9. The number of nitrogens with two attached hydrogens (primary N) is 4. The van der Waals surface area contributed by atoms with Gasteiger partial charge in [0.2, 0.25) is 82.7 Å². The third-order valence-corrected chi connectivity index (χ3v) is 17.9. The van der Waals surface area contributed by atoms with E-state index in [1.165, 1.54) is 7.05 Å². The Hall–Kier alpha value is -10.7. The van der Waals surface area contributed by atoms with Gasteiger partial charge in [-0.3, -0.25) is 71.9 Å². The third kappa shape index (κ3) is 30.0. The van der Waals surface area contributed by atoms with E-state index in [4.69, 9.17) is 27.7 Å². The van der Waals surface area contributed by atoms with Crippen LogP contribution in [0.1, 0.15) is 130 Å². The van der Waals surface area contributed by atoms with Crippen molar-refractivity contribution in [3.63, 3.8) is 0 Å². The van der Waals surface area contributed by atoms with Crippen molar-refractivity contribution in [1.82, 2.24) is 68.4 Å². The number of aromatic amines is 1. The number of primary amides is 2. The molecular weight excluding hydrogens is 1440 g/mol. The Bertz CT molecular complexity index is 3670. The molecule has 3 aromatic rings. The SMILES string of the molecule is CC(C)CCCC1CC(=O)NC(CO)C(=O)NC(C(O)C(N)=O)C(=O)NC(CO)C(=O)NCC(=O)NC(Cc2ccccc2)C(=O)NC(CC(C)C)C(=O)NC(CCCN)C(=O)NC(CCC(=O)O)C(=O)NC(CC(N)=O)C(=O)NC(Cc2c[nH]c3ccccc23)C(=O)NC(CCCN)C(=O)N(C)C(C(C)C)C(=O)O1. The van der Waals surface area contributed by atoms with Gasteiger partial charge in [0.05, 0.1) is 32.6 Å². The summed E-state index contributed by atoms with van der Waals surface area (Å²) in [5, 5.41) is 68.2. The fourth-order valence-corrected chi connectivity index (χ4v) is 12.0. The second-order valence-corrected chi connectivity index (χ2v) is 28.2. The molecule has 1 fully saturated rings. The van der Waals surface area contributed by atoms with Crippen LogP contribution in [0.2, 0.25) is 0 Å². The van der Waals surface area contributed by atoms with E-state index in [9.17, 15) is 92.3 Å². The minimum atomic E-state index is -2.59. The number of fused-ring (bicyclic) bond motifs is 1. The van der Waals surface area contributed by atoms with Gasteiger partial charge in [-0.25, -0.2) is 4.79 Å². The van der Waals surface area contributed by atoms with Gasteiger partial charge in [-0.15, -0.1) is 0 Å². The second-order valence-electron chi connectivity index (χ2n) is 28.2. The maximum absolute atomic E-state index is 15.0. The van der Waals surface area contributed by atoms with Gasteiger partial charge in [0.25, 0.3) is 0 Å². The zero-order chi connectivity index (χ0) is 82.1. The van der Waals surface area contributed by atoms with Gasteiger partial charge in [-0.1, -0.05) is 96.5 Å². The molecular formula is C72H109N17O21. The number of hydrogen-bond acceptors (Lipinski definition) is 22. The number of cyclic esters (lactones) is 1. The highest BCUT2D eigenvalue weighted by Crippen LogP contribution is 2.23. The number of carboxylic acid groups (broad SMARTS) is 1. The van der Waals surface area contributed by atoms with Crippen molar-refractivity contribution < 1.29 is 102 Å². The second kappa shape index (κ2) is 46.0. The number of aliphatic hydroxyl groups is 3. The van der Waals surface area contributed by atoms with E-state index in [2.05, 4.69) is 52.8 Å². The van der Waals surface area contributed by atoms with Crippen LogP contribution in [-0.4, -0.2) is 244 Å². The zero-order valence-electron chi connectivity index (χ0n) is 62.9. The Labute approximate surface area is 636 Å². The normalized spacial score (nSPS) is 24.2. The number of para-hydroxylation sites is 1. The van der Waals surface area contributed by atoms with Gasteiger partial charge in [-0.05, 0) is 99.4 Å². The van der Waals surface area contributed by atoms with Crippen LogP contribution < -0.4 is 81.4 Å². The monoisotopic (exact) mass is 1550 g/mol. The summed E-state index contributed by atoms with van der Waals surface area (Å²) in [7, 11) is 1.25. The molecule has 1 saturated heterocycles. The third-order valence-electron chi connectivity index (χ3n) is 17.9. The Kier molecular flexibility index (Phi) is 38.3. The summed E-state index contributed by atoms with van der Waals surface area (Å²) >= 11 is 0. The van der Waals surface area contributed by atoms with Crippen molar-refractivity contribution in [1.29, 1.82) is 0 Å². The Morgan fingerprint density at radius 1 is 0.545 bits per heavy atom. The van der Waals surface area contributed by atoms with Crippen molar-refractivity contribution >= 4 is 106 Å². The van der Waals surface area contributed by atoms with E-state index in [-0.39, 0.29) is 76.3 Å². The molecule has 0 aliphatic carbocycles. The summed E-state index contributed by atoms with van der Waals surface area (Å²) in [4.78, 5) is 228. The van der Waals surface area contributed by atoms with E-state index in [0.29, 0.717) is 34.9 Å². The molecule has 0 radical (unpaired) electrons. The number of aliphatic carboxylic acids is 1. The van der Waals surface area contributed by atoms with Crippen molar-refractivity contribution in [3.8, 4) is 0 Å². The first-order valence-corrected chi connectivity index (χ1v) is 36.5. The average molecular weight is 1550 g/mol. The number of H-pyrrole nitrogens is 1. The van der Waals surface area contributed by atoms with Crippen LogP contribution in [0.5, 0.6) is 0 Å². The summed E-state index contributed by atoms with van der Waals surface area (Å²) in [6, 6.07) is -4.57. The van der Waals surface area contributed by atoms with Crippen LogP contribution in [0.4, 0.5) is 0 Å². The molecule has 0 bridgehead atoms. The predicted octanol–water partition coefficient (Wildman–Crippen LogP) is -5.36. The average Bonchev–Trinajstić information content (AvgIpc) is 1.34. The number of likely N-dealkylation sites (N-methyl/N-ethyl adjacent to an activating group) is 1. The smallest absolute Gasteiger partial charge is 0.329 e. The molecule has 0 saturated carbocycles. The van der Waals surface area contributed by atoms with Gasteiger partial charge < -0.3 is 116 Å². The lowest BCUT2D eigenvalue weighted by molar-refractivity contribution is -0.162. The number of carbonyl (C=O) groups excluding carboxylic acids is 15. The molecule has 13 unspecified atom stereocenters. The Balaban J connectivity index is 1.90. The first-order chi connectivity index (χ1) is 52.0. The molecule has 4 rings (SSSR count). The minimum absolute atomic E-state index is 0.0134. The number of nitrogens with one attached hydrogen (secondary N) is 12. The van der Waals surface area contributed by atoms with Crippen LogP contribution >= 0.6 is 0 Å². The number of carboxylic acids is 1. The highest BCUT2D eigenvalue weighted by molar-refractivity contribution is 6.01. The van der Waals surface area contributed by atoms with E-state index < -0.39 is 225 Å². The van der Waals surface area contributed by atoms with Crippen molar-refractivity contribution in [2.24, 2.45) is 40.7 Å². The summed E-state index contributed by atoms with van der Waals surface area (Å²) in [5.41, 5.74) is 24.4. The van der Waals surface area contributed by atoms with Gasteiger partial charge >= 0.3 is 11.9 Å². The molecule has 2 aromatic carbocycles. The van der Waals surface area contributed by atoms with Crippen molar-refractivity contribution in [2.45, 2.75) is 210 Å². The first-order valence-electron chi connectivity index (χ1n) is 36.5. The molecule has 110 heavy (non-hydrogen) atoms. The Morgan fingerprint density at radius 3 is 1.62 bits per heavy atom. The van der Waals surface area contributed by atoms with E-state index in [1.54, 1.807) is 88.5 Å². The number of nitrogens with zero attached hydrogens (tertiary/aromatic N) is 1. The quantitative estimate of drug-likeness (QED) is 0.0334. The molecule has 14 amide bonds. The number of benzene rings is 2. The minimum Gasteiger partial charge on any atom is -0.481 e. The highest BCUT2D eigenvalue weighted by Gasteiger charge is 2.41. The lowest BCUT2D eigenvalue weighted by Gasteiger charge is -2.34. The van der Waals surface area contributed by atoms with E-state index in [0.717, 1.165) is 4.90 Å². The molecule has 2 heterocycles. The number of amides is 14. The standard InChI is InChI=1S/C72H109N17O21/c1-37(2)16-13-19-42-31-55(93)80-53(36-91)69(106)88-58(60(97)61(76)98)70(107)87-52(35-90)62(99)78-34-56(94)79-49(29-40-17-9-8-10-18-40)66(103)84-48(28-38(3)4)65(102)81-45(22-14-26-73)63(100)82-46(24-25-57(95)96)64(101)86-51(32-54(75)92)68(105)85-50(30-41-33-77-44-21-12-11-20-43(41)44)67(104)83-47(23-15-27-74)71(108)89(7)59(39(5)6)72(109)110-42/h8-12,17-18,20-21,33,37-39,42,45-53,58-60,77,90-91,97H,13-16,19,22-32,34-36,73-74H2,1-7H3,(H2,75,92)(H2,76,98)(H,78,99)(H,79,94)(H,80,93)(H,81,102)(H,82,100)(H,83,104)(H,84,103)(H,85,105)(H,86,101)(H,87,107)(H,88,106)(H,95,96). The summed E-state index contributed by atoms with van der Waals surface area (Å²) in [5.74, 6) is -20.1. The maximum Gasteiger partial charge on any atom is 0.329 e. The molecule has 1 aliphatic heterocycles. The molecule has 1 aromatic heterocycles. The van der Waals surface area contributed by atoms with Crippen molar-refractivity contribution in [2.75, 3.05) is 39.9 Å². The lowest BCUT2D eigenvalue weighted by Crippen LogP contribution is -2.63. The van der Waals surface area contributed by atoms with Gasteiger partial charge in [0, 0.05) is 43.4 Å². The van der Waals surface area contributed by atoms with Crippen LogP contribution in [-0.2, 0) is 94.3 Å². The summed E-state index contributed by atoms with van der Waals surface area (Å²) in [6.07, 6.45) is -5.51. The molecule has 608 valence electrons. The van der Waals surface area contributed by atoms with Crippen LogP contribution in [0.3, 0.4) is 0 Å². The van der Waals surface area contributed by atoms with Crippen LogP contribution in [0, 0.1) is 17.8 Å². The number of hydrogen-bond donors (Lipinski definition) is 20. The number of esters is 1. The van der Waals surface area contributed by atoms with Crippen LogP contribution in [0.25, 0.3) is 10.9 Å². The molecule has 38 nitrogen and oxygen atoms in total. The van der Waals surface area contributed by atoms with Gasteiger partial charge in [-0.2, -0.15) is 0 Å².